The van der Waals surface area contributed by atoms with E-state index in [1.807, 2.05) is 0 Å². The first-order valence-corrected chi connectivity index (χ1v) is 9.13. The Morgan fingerprint density at radius 1 is 1.30 bits per heavy atom. The Bertz CT molecular complexity index is 1030. The van der Waals surface area contributed by atoms with Gasteiger partial charge in [-0.15, -0.1) is 0 Å². The topological polar surface area (TPSA) is 195 Å². The number of aliphatic hydroxyl groups is 3. The predicted molar refractivity (Wildman–Crippen MR) is 98.9 cm³/mol. The van der Waals surface area contributed by atoms with Crippen molar-refractivity contribution in [2.45, 2.75) is 49.3 Å². The summed E-state index contributed by atoms with van der Waals surface area (Å²) in [6.45, 7) is 0. The van der Waals surface area contributed by atoms with Gasteiger partial charge in [0.25, 0.3) is 5.56 Å². The van der Waals surface area contributed by atoms with E-state index in [1.54, 1.807) is 16.7 Å². The number of fused-ring (bicyclic) bond motifs is 1. The molecule has 0 aromatic carbocycles. The predicted octanol–water partition coefficient (Wildman–Crippen LogP) is -2.43. The van der Waals surface area contributed by atoms with E-state index in [4.69, 9.17) is 19.9 Å². The zero-order valence-electron chi connectivity index (χ0n) is 15.8. The highest BCUT2D eigenvalue weighted by Crippen LogP contribution is 2.29. The largest absolute Gasteiger partial charge is 0.456 e. The van der Waals surface area contributed by atoms with Crippen molar-refractivity contribution in [1.29, 1.82) is 0 Å². The molecule has 13 nitrogen and oxygen atoms in total. The summed E-state index contributed by atoms with van der Waals surface area (Å²) in [7, 11) is 1.23. The zero-order valence-corrected chi connectivity index (χ0v) is 15.8. The summed E-state index contributed by atoms with van der Waals surface area (Å²) in [6, 6.07) is -0.308. The number of hydrogen-bond acceptors (Lipinski definition) is 11. The average Bonchev–Trinajstić information content (AvgIpc) is 3.33. The van der Waals surface area contributed by atoms with E-state index < -0.39 is 48.3 Å². The number of nitrogen functional groups attached to an aromatic ring is 1. The monoisotopic (exact) mass is 423 g/mol. The standard InChI is InChI=1S/C17H21N5O8/c1-28-16-11(25)9(23)10(24)12(30-16)15(27)29-7-3-2-6(4-7)22-5-19-8-13(22)20-17(18)21-14(8)26/h2-3,5-7,9-12,16,23-25H,4H2,1H3,(H3,18,20,21,26). The van der Waals surface area contributed by atoms with Gasteiger partial charge in [0, 0.05) is 13.5 Å². The molecule has 1 aliphatic heterocycles. The van der Waals surface area contributed by atoms with Crippen molar-refractivity contribution in [3.63, 3.8) is 0 Å². The Balaban J connectivity index is 1.45. The van der Waals surface area contributed by atoms with Crippen molar-refractivity contribution in [1.82, 2.24) is 19.5 Å². The van der Waals surface area contributed by atoms with Gasteiger partial charge in [0.1, 0.15) is 24.4 Å². The molecule has 6 N–H and O–H groups in total. The quantitative estimate of drug-likeness (QED) is 0.259. The minimum absolute atomic E-state index is 0.0453. The van der Waals surface area contributed by atoms with Crippen molar-refractivity contribution >= 4 is 23.1 Å². The number of nitrogens with two attached hydrogens (primary N) is 1. The Labute approximate surface area is 168 Å². The van der Waals surface area contributed by atoms with Gasteiger partial charge in [0.15, 0.2) is 23.6 Å². The number of aromatic nitrogens is 4. The van der Waals surface area contributed by atoms with Gasteiger partial charge < -0.3 is 39.8 Å². The van der Waals surface area contributed by atoms with Crippen LogP contribution in [0.15, 0.2) is 23.3 Å². The molecule has 0 amide bonds. The zero-order chi connectivity index (χ0) is 21.6. The first-order valence-electron chi connectivity index (χ1n) is 9.13. The first kappa shape index (κ1) is 20.4. The summed E-state index contributed by atoms with van der Waals surface area (Å²) < 4.78 is 17.1. The molecule has 2 aliphatic rings. The Morgan fingerprint density at radius 2 is 2.07 bits per heavy atom. The fourth-order valence-corrected chi connectivity index (χ4v) is 3.58. The fraction of sp³-hybridized carbons (Fsp3) is 0.529. The number of rotatable bonds is 4. The normalized spacial score (nSPS) is 33.8. The Hall–Kier alpha value is -2.84. The molecule has 0 bridgehead atoms. The van der Waals surface area contributed by atoms with Gasteiger partial charge in [0.05, 0.1) is 12.4 Å². The van der Waals surface area contributed by atoms with E-state index in [9.17, 15) is 24.9 Å². The minimum Gasteiger partial charge on any atom is -0.456 e. The second-order valence-corrected chi connectivity index (χ2v) is 7.07. The number of carbonyl (C=O) groups is 1. The maximum Gasteiger partial charge on any atom is 0.338 e. The van der Waals surface area contributed by atoms with Crippen LogP contribution in [0.2, 0.25) is 0 Å². The van der Waals surface area contributed by atoms with E-state index in [1.165, 1.54) is 13.4 Å². The van der Waals surface area contributed by atoms with Crippen molar-refractivity contribution in [2.24, 2.45) is 0 Å². The van der Waals surface area contributed by atoms with Crippen LogP contribution in [0.1, 0.15) is 12.5 Å². The fourth-order valence-electron chi connectivity index (χ4n) is 3.58. The molecular formula is C17H21N5O8. The van der Waals surface area contributed by atoms with Gasteiger partial charge in [0.2, 0.25) is 5.95 Å². The third-order valence-corrected chi connectivity index (χ3v) is 5.13. The van der Waals surface area contributed by atoms with E-state index in [2.05, 4.69) is 15.0 Å². The highest BCUT2D eigenvalue weighted by Gasteiger charge is 2.48. The number of aromatic amines is 1. The van der Waals surface area contributed by atoms with Crippen LogP contribution in [0, 0.1) is 0 Å². The Kier molecular flexibility index (Phi) is 5.29. The third-order valence-electron chi connectivity index (χ3n) is 5.13. The summed E-state index contributed by atoms with van der Waals surface area (Å²) in [6.07, 6.45) is -3.17. The molecule has 2 aromatic rings. The van der Waals surface area contributed by atoms with Crippen LogP contribution in [-0.4, -0.2) is 84.7 Å². The van der Waals surface area contributed by atoms with E-state index >= 15 is 0 Å². The highest BCUT2D eigenvalue weighted by molar-refractivity contribution is 5.76. The third kappa shape index (κ3) is 3.46. The average molecular weight is 423 g/mol. The number of H-pyrrole nitrogens is 1. The maximum absolute atomic E-state index is 12.5. The molecule has 4 rings (SSSR count). The molecule has 0 radical (unpaired) electrons. The van der Waals surface area contributed by atoms with Gasteiger partial charge in [-0.1, -0.05) is 6.08 Å². The number of hydrogen-bond donors (Lipinski definition) is 5. The SMILES string of the molecule is COC1OC(C(=O)OC2C=CC(n3cnc4c(=O)[nH]c(N)nc43)C2)C(O)C(O)C1O. The lowest BCUT2D eigenvalue weighted by atomic mass is 9.99. The summed E-state index contributed by atoms with van der Waals surface area (Å²) >= 11 is 0. The molecule has 30 heavy (non-hydrogen) atoms. The van der Waals surface area contributed by atoms with Gasteiger partial charge in [-0.3, -0.25) is 9.78 Å². The molecule has 1 fully saturated rings. The molecule has 3 heterocycles. The number of allylic oxidation sites excluding steroid dienone is 1. The Morgan fingerprint density at radius 3 is 2.80 bits per heavy atom. The molecule has 0 spiro atoms. The molecular weight excluding hydrogens is 402 g/mol. The van der Waals surface area contributed by atoms with E-state index in [0.717, 1.165) is 0 Å². The number of imidazole rings is 1. The lowest BCUT2D eigenvalue weighted by molar-refractivity contribution is -0.289. The van der Waals surface area contributed by atoms with Crippen LogP contribution in [0.25, 0.3) is 11.2 Å². The van der Waals surface area contributed by atoms with Crippen LogP contribution >= 0.6 is 0 Å². The minimum atomic E-state index is -1.68. The maximum atomic E-state index is 12.5. The number of anilines is 1. The van der Waals surface area contributed by atoms with Crippen LogP contribution in [-0.2, 0) is 19.0 Å². The lowest BCUT2D eigenvalue weighted by Gasteiger charge is -2.38. The van der Waals surface area contributed by atoms with Gasteiger partial charge >= 0.3 is 5.97 Å². The van der Waals surface area contributed by atoms with Crippen LogP contribution in [0.3, 0.4) is 0 Å². The van der Waals surface area contributed by atoms with Gasteiger partial charge in [-0.2, -0.15) is 4.98 Å². The van der Waals surface area contributed by atoms with Gasteiger partial charge in [-0.05, 0) is 6.08 Å². The molecule has 7 atom stereocenters. The number of aliphatic hydroxyl groups excluding tert-OH is 3. The molecule has 0 saturated carbocycles. The molecule has 1 saturated heterocycles. The molecule has 7 unspecified atom stereocenters. The van der Waals surface area contributed by atoms with Crippen molar-refractivity contribution in [3.05, 3.63) is 28.8 Å². The number of ether oxygens (including phenoxy) is 3. The summed E-state index contributed by atoms with van der Waals surface area (Å²) in [5.74, 6) is -0.962. The van der Waals surface area contributed by atoms with Crippen molar-refractivity contribution < 1.29 is 34.3 Å². The molecule has 1 aliphatic carbocycles. The summed E-state index contributed by atoms with van der Waals surface area (Å²) in [5, 5.41) is 29.8. The van der Waals surface area contributed by atoms with Gasteiger partial charge in [-0.25, -0.2) is 9.78 Å². The second kappa shape index (κ2) is 7.77. The molecule has 2 aromatic heterocycles. The number of nitrogens with zero attached hydrogens (tertiary/aromatic N) is 3. The molecule has 162 valence electrons. The smallest absolute Gasteiger partial charge is 0.338 e. The van der Waals surface area contributed by atoms with E-state index in [-0.39, 0.29) is 17.5 Å². The summed E-state index contributed by atoms with van der Waals surface area (Å²) in [4.78, 5) is 34.9. The summed E-state index contributed by atoms with van der Waals surface area (Å²) in [5.41, 5.74) is 5.57. The van der Waals surface area contributed by atoms with E-state index in [0.29, 0.717) is 12.1 Å². The number of methoxy groups -OCH3 is 1. The first-order chi connectivity index (χ1) is 14.3. The number of carbonyl (C=O) groups excluding carboxylic acids is 1. The number of nitrogens with one attached hydrogen (secondary N) is 1. The van der Waals surface area contributed by atoms with Crippen molar-refractivity contribution in [3.8, 4) is 0 Å². The lowest BCUT2D eigenvalue weighted by Crippen LogP contribution is -2.60. The van der Waals surface area contributed by atoms with Crippen LogP contribution in [0.5, 0.6) is 0 Å². The second-order valence-electron chi connectivity index (χ2n) is 7.07. The van der Waals surface area contributed by atoms with Crippen LogP contribution < -0.4 is 11.3 Å². The van der Waals surface area contributed by atoms with Crippen molar-refractivity contribution in [2.75, 3.05) is 12.8 Å². The molecule has 13 heteroatoms. The number of esters is 1. The highest BCUT2D eigenvalue weighted by atomic mass is 16.7. The van der Waals surface area contributed by atoms with Crippen LogP contribution in [0.4, 0.5) is 5.95 Å².